The van der Waals surface area contributed by atoms with E-state index in [4.69, 9.17) is 10.4 Å². The van der Waals surface area contributed by atoms with Crippen LogP contribution in [0, 0.1) is 3.57 Å². The monoisotopic (exact) mass is 457 g/mol. The molecule has 0 saturated carbocycles. The van der Waals surface area contributed by atoms with E-state index in [1.807, 2.05) is 6.07 Å². The number of halogens is 1. The number of H-pyrrole nitrogens is 1. The molecule has 0 aliphatic rings. The van der Waals surface area contributed by atoms with Crippen LogP contribution in [0.1, 0.15) is 0 Å². The molecule has 4 N–H and O–H groups in total. The number of nitrogens with two attached hydrogens (primary N) is 1. The zero-order valence-electron chi connectivity index (χ0n) is 12.0. The number of para-hydroxylation sites is 1. The van der Waals surface area contributed by atoms with Crippen LogP contribution < -0.4 is 16.0 Å². The van der Waals surface area contributed by atoms with Crippen LogP contribution in [-0.2, 0) is 9.19 Å². The Morgan fingerprint density at radius 3 is 2.75 bits per heavy atom. The molecule has 0 amide bonds. The largest absolute Gasteiger partial charge is 0.544 e. The van der Waals surface area contributed by atoms with Crippen LogP contribution >= 0.6 is 30.4 Å². The average Bonchev–Trinajstić information content (AvgIpc) is 2.55. The maximum atomic E-state index is 12.3. The highest BCUT2D eigenvalue weighted by atomic mass is 125. The van der Waals surface area contributed by atoms with Crippen molar-refractivity contribution in [1.29, 1.82) is 0 Å². The predicted octanol–water partition coefficient (Wildman–Crippen LogP) is 2.56. The summed E-state index contributed by atoms with van der Waals surface area (Å²) in [6, 6.07) is 11.6. The molecular weight excluding hydrogens is 446 g/mol. The fourth-order valence-corrected chi connectivity index (χ4v) is 3.07. The fraction of sp³-hybridized carbons (Fsp3) is 0. The molecule has 0 spiro atoms. The van der Waals surface area contributed by atoms with Crippen LogP contribution in [0.2, 0.25) is 0 Å². The molecule has 3 aromatic rings. The Bertz CT molecular complexity index is 1020. The maximum Gasteiger partial charge on any atom is 0.544 e. The van der Waals surface area contributed by atoms with E-state index in [0.29, 0.717) is 16.5 Å². The number of phosphoric acid groups is 1. The van der Waals surface area contributed by atoms with E-state index in [9.17, 15) is 14.3 Å². The second-order valence-corrected chi connectivity index (χ2v) is 7.31. The Labute approximate surface area is 149 Å². The summed E-state index contributed by atoms with van der Waals surface area (Å²) in [6.45, 7) is 0. The lowest BCUT2D eigenvalue weighted by molar-refractivity contribution is 0.208. The van der Waals surface area contributed by atoms with Gasteiger partial charge in [0.1, 0.15) is 11.6 Å². The number of hydrogen-bond donors (Lipinski definition) is 3. The molecule has 10 heteroatoms. The van der Waals surface area contributed by atoms with Gasteiger partial charge in [-0.3, -0.25) is 9.69 Å². The normalized spacial score (nSPS) is 13.6. The summed E-state index contributed by atoms with van der Waals surface area (Å²) in [6.07, 6.45) is 0. The molecular formula is C14H11IN3O5P. The lowest BCUT2D eigenvalue weighted by atomic mass is 10.1. The van der Waals surface area contributed by atoms with E-state index in [-0.39, 0.29) is 17.1 Å². The second kappa shape index (κ2) is 6.61. The summed E-state index contributed by atoms with van der Waals surface area (Å²) in [4.78, 5) is 28.7. The summed E-state index contributed by atoms with van der Waals surface area (Å²) in [5.41, 5.74) is 0.484. The number of hydrogen-bond acceptors (Lipinski definition) is 6. The third-order valence-corrected chi connectivity index (χ3v) is 4.52. The molecule has 0 fully saturated rings. The van der Waals surface area contributed by atoms with Gasteiger partial charge in [0.15, 0.2) is 0 Å². The van der Waals surface area contributed by atoms with Gasteiger partial charge in [0.25, 0.3) is 5.56 Å². The van der Waals surface area contributed by atoms with E-state index in [2.05, 4.69) is 37.2 Å². The Balaban J connectivity index is 2.16. The number of nitrogens with zero attached hydrogens (tertiary/aromatic N) is 1. The van der Waals surface area contributed by atoms with Gasteiger partial charge in [0.2, 0.25) is 0 Å². The van der Waals surface area contributed by atoms with E-state index >= 15 is 0 Å². The molecule has 0 bridgehead atoms. The number of fused-ring (bicyclic) bond motifs is 1. The quantitative estimate of drug-likeness (QED) is 0.312. The van der Waals surface area contributed by atoms with Gasteiger partial charge < -0.3 is 9.51 Å². The van der Waals surface area contributed by atoms with Crippen LogP contribution in [0.4, 0.5) is 0 Å². The minimum absolute atomic E-state index is 0.00166. The summed E-state index contributed by atoms with van der Waals surface area (Å²) in [5, 5.41) is 0.446. The van der Waals surface area contributed by atoms with E-state index in [0.717, 1.165) is 3.57 Å². The Hall–Kier alpha value is -1.78. The lowest BCUT2D eigenvalue weighted by Gasteiger charge is -2.13. The molecule has 1 aromatic heterocycles. The standard InChI is InChI=1S/C14H11IN3O5P/c15-8-5-6-11-10(7-8)14(19)18-13(17-11)9-3-1-2-4-12(9)22-24(20,21)23-16/h1-7H,16H2,(H,20,21)(H,17,18,19)/i15-2. The van der Waals surface area contributed by atoms with Crippen molar-refractivity contribution in [2.24, 2.45) is 5.90 Å². The SMILES string of the molecule is NOP(=O)(O)Oc1ccccc1-c1nc2ccc([125I])cc2c(=O)[nH]1. The first-order valence-corrected chi connectivity index (χ1v) is 9.17. The first-order valence-electron chi connectivity index (χ1n) is 6.59. The highest BCUT2D eigenvalue weighted by molar-refractivity contribution is 14.1. The van der Waals surface area contributed by atoms with E-state index in [1.165, 1.54) is 6.07 Å². The van der Waals surface area contributed by atoms with Gasteiger partial charge >= 0.3 is 7.82 Å². The summed E-state index contributed by atoms with van der Waals surface area (Å²) >= 11 is 2.10. The van der Waals surface area contributed by atoms with Gasteiger partial charge in [-0.15, -0.1) is 0 Å². The van der Waals surface area contributed by atoms with Gasteiger partial charge in [0, 0.05) is 3.57 Å². The molecule has 0 radical (unpaired) electrons. The van der Waals surface area contributed by atoms with Crippen molar-refractivity contribution in [3.05, 3.63) is 56.4 Å². The third kappa shape index (κ3) is 3.50. The Morgan fingerprint density at radius 2 is 2.00 bits per heavy atom. The highest BCUT2D eigenvalue weighted by Gasteiger charge is 2.24. The predicted molar refractivity (Wildman–Crippen MR) is 96.2 cm³/mol. The van der Waals surface area contributed by atoms with Crippen molar-refractivity contribution >= 4 is 41.3 Å². The number of phosphoric ester groups is 1. The topological polar surface area (TPSA) is 128 Å². The molecule has 3 rings (SSSR count). The number of benzene rings is 2. The highest BCUT2D eigenvalue weighted by Crippen LogP contribution is 2.44. The van der Waals surface area contributed by atoms with Crippen LogP contribution in [0.25, 0.3) is 22.3 Å². The molecule has 0 saturated heterocycles. The molecule has 0 aliphatic heterocycles. The van der Waals surface area contributed by atoms with Gasteiger partial charge in [-0.1, -0.05) is 12.1 Å². The van der Waals surface area contributed by atoms with Gasteiger partial charge in [-0.05, 0) is 52.9 Å². The molecule has 124 valence electrons. The van der Waals surface area contributed by atoms with Crippen LogP contribution in [0.3, 0.4) is 0 Å². The number of nitrogens with one attached hydrogen (secondary N) is 1. The maximum absolute atomic E-state index is 12.3. The first kappa shape index (κ1) is 17.1. The molecule has 2 aromatic carbocycles. The second-order valence-electron chi connectivity index (χ2n) is 4.74. The van der Waals surface area contributed by atoms with Crippen molar-refractivity contribution in [2.75, 3.05) is 0 Å². The molecule has 1 heterocycles. The lowest BCUT2D eigenvalue weighted by Crippen LogP contribution is -2.10. The summed E-state index contributed by atoms with van der Waals surface area (Å²) in [5.74, 6) is 4.94. The van der Waals surface area contributed by atoms with Crippen molar-refractivity contribution < 1.29 is 18.6 Å². The Kier molecular flexibility index (Phi) is 4.70. The molecule has 0 aliphatic carbocycles. The minimum atomic E-state index is -4.45. The molecule has 1 atom stereocenters. The van der Waals surface area contributed by atoms with E-state index < -0.39 is 7.82 Å². The first-order chi connectivity index (χ1) is 11.4. The van der Waals surface area contributed by atoms with Crippen molar-refractivity contribution in [3.8, 4) is 17.1 Å². The third-order valence-electron chi connectivity index (χ3n) is 3.16. The van der Waals surface area contributed by atoms with Crippen LogP contribution in [-0.4, -0.2) is 14.9 Å². The number of rotatable bonds is 4. The molecule has 1 unspecified atom stereocenters. The smallest absolute Gasteiger partial charge is 0.402 e. The summed E-state index contributed by atoms with van der Waals surface area (Å²) < 4.78 is 21.3. The zero-order chi connectivity index (χ0) is 17.3. The number of aromatic amines is 1. The van der Waals surface area contributed by atoms with Gasteiger partial charge in [0.05, 0.1) is 16.5 Å². The Morgan fingerprint density at radius 1 is 1.25 bits per heavy atom. The fourth-order valence-electron chi connectivity index (χ4n) is 2.13. The van der Waals surface area contributed by atoms with Gasteiger partial charge in [-0.25, -0.2) is 15.4 Å². The minimum Gasteiger partial charge on any atom is -0.402 e. The van der Waals surface area contributed by atoms with Crippen molar-refractivity contribution in [3.63, 3.8) is 0 Å². The van der Waals surface area contributed by atoms with Crippen molar-refractivity contribution in [1.82, 2.24) is 9.97 Å². The average molecular weight is 457 g/mol. The van der Waals surface area contributed by atoms with Crippen molar-refractivity contribution in [2.45, 2.75) is 0 Å². The number of aromatic nitrogens is 2. The molecule has 24 heavy (non-hydrogen) atoms. The van der Waals surface area contributed by atoms with Crippen LogP contribution in [0.5, 0.6) is 5.75 Å². The molecule has 8 nitrogen and oxygen atoms in total. The van der Waals surface area contributed by atoms with Crippen LogP contribution in [0.15, 0.2) is 47.3 Å². The van der Waals surface area contributed by atoms with E-state index in [1.54, 1.807) is 30.3 Å². The summed E-state index contributed by atoms with van der Waals surface area (Å²) in [7, 11) is -4.45. The van der Waals surface area contributed by atoms with Gasteiger partial charge in [-0.2, -0.15) is 4.62 Å². The zero-order valence-corrected chi connectivity index (χ0v) is 15.0.